The van der Waals surface area contributed by atoms with Crippen molar-refractivity contribution in [3.8, 4) is 0 Å². The Labute approximate surface area is 49.5 Å². The van der Waals surface area contributed by atoms with Gasteiger partial charge in [-0.15, -0.1) is 0 Å². The molecule has 0 aliphatic carbocycles. The summed E-state index contributed by atoms with van der Waals surface area (Å²) < 4.78 is 4.43. The van der Waals surface area contributed by atoms with Gasteiger partial charge in [0.1, 0.15) is 0 Å². The van der Waals surface area contributed by atoms with E-state index in [0.29, 0.717) is 6.61 Å². The van der Waals surface area contributed by atoms with E-state index < -0.39 is 0 Å². The van der Waals surface area contributed by atoms with Crippen LogP contribution in [0.3, 0.4) is 0 Å². The largest absolute Gasteiger partial charge is 0.602 e. The van der Waals surface area contributed by atoms with Gasteiger partial charge in [-0.3, -0.25) is 0 Å². The second-order valence-electron chi connectivity index (χ2n) is 0.902. The van der Waals surface area contributed by atoms with Crippen LogP contribution in [0, 0.1) is 0 Å². The molecule has 0 aromatic rings. The molecule has 0 amide bonds. The Hall–Kier alpha value is -0.475. The molecule has 45 valence electrons. The smallest absolute Gasteiger partial charge is 0.542 e. The molecule has 0 unspecified atom stereocenters. The molecule has 0 aromatic carbocycles. The van der Waals surface area contributed by atoms with Crippen LogP contribution < -0.4 is 0 Å². The van der Waals surface area contributed by atoms with Crippen LogP contribution in [0.2, 0.25) is 0 Å². The molecule has 0 fully saturated rings. The maximum absolute atomic E-state index is 4.43. The molecular weight excluding hydrogens is 107 g/mol. The van der Waals surface area contributed by atoms with Crippen LogP contribution in [-0.4, -0.2) is 14.3 Å². The third-order valence-electron chi connectivity index (χ3n) is 0.377. The normalized spacial score (nSPS) is 8.12. The van der Waals surface area contributed by atoms with Gasteiger partial charge in [0.25, 0.3) is 0 Å². The molecule has 0 aromatic heterocycles. The first-order valence-electron chi connectivity index (χ1n) is 2.28. The fourth-order valence-corrected chi connectivity index (χ4v) is 0.158. The number of hydrogen-bond acceptors (Lipinski definition) is 3. The van der Waals surface area contributed by atoms with Crippen molar-refractivity contribution in [3.63, 3.8) is 0 Å². The summed E-state index contributed by atoms with van der Waals surface area (Å²) in [7, 11) is 1.05. The molecule has 0 bridgehead atoms. The van der Waals surface area contributed by atoms with Crippen LogP contribution in [-0.2, 0) is 14.3 Å². The lowest BCUT2D eigenvalue weighted by Crippen LogP contribution is -2.00. The highest BCUT2D eigenvalue weighted by Gasteiger charge is 1.88. The summed E-state index contributed by atoms with van der Waals surface area (Å²) in [4.78, 5) is 8.71. The van der Waals surface area contributed by atoms with Crippen molar-refractivity contribution in [2.24, 2.45) is 0 Å². The second kappa shape index (κ2) is 6.52. The molecule has 0 aliphatic heterocycles. The molecular formula is C4H8BO3. The van der Waals surface area contributed by atoms with Gasteiger partial charge in [0.2, 0.25) is 0 Å². The number of rotatable bonds is 5. The van der Waals surface area contributed by atoms with Crippen molar-refractivity contribution in [1.82, 2.24) is 0 Å². The fourth-order valence-electron chi connectivity index (χ4n) is 0.158. The highest BCUT2D eigenvalue weighted by Crippen LogP contribution is 1.75. The molecule has 0 saturated heterocycles. The predicted molar refractivity (Wildman–Crippen MR) is 29.7 cm³/mol. The van der Waals surface area contributed by atoms with E-state index in [1.54, 1.807) is 0 Å². The predicted octanol–water partition coefficient (Wildman–Crippen LogP) is 0.649. The third kappa shape index (κ3) is 5.52. The molecule has 1 radical (unpaired) electrons. The van der Waals surface area contributed by atoms with Gasteiger partial charge in [-0.05, 0) is 6.92 Å². The quantitative estimate of drug-likeness (QED) is 0.173. The van der Waals surface area contributed by atoms with Gasteiger partial charge in [0.15, 0.2) is 0 Å². The minimum absolute atomic E-state index is 0.497. The average molecular weight is 115 g/mol. The summed E-state index contributed by atoms with van der Waals surface area (Å²) in [6, 6.07) is 0. The van der Waals surface area contributed by atoms with E-state index >= 15 is 0 Å². The summed E-state index contributed by atoms with van der Waals surface area (Å²) in [6.45, 7) is 5.57. The fraction of sp³-hybridized carbons (Fsp3) is 0.500. The molecule has 0 atom stereocenters. The molecule has 4 heteroatoms. The van der Waals surface area contributed by atoms with E-state index in [1.165, 1.54) is 6.26 Å². The van der Waals surface area contributed by atoms with Crippen LogP contribution >= 0.6 is 0 Å². The number of hydrogen-bond donors (Lipinski definition) is 0. The zero-order valence-corrected chi connectivity index (χ0v) is 4.79. The van der Waals surface area contributed by atoms with Crippen molar-refractivity contribution in [3.05, 3.63) is 12.8 Å². The zero-order valence-electron chi connectivity index (χ0n) is 4.79. The summed E-state index contributed by atoms with van der Waals surface area (Å²) in [6.07, 6.45) is 1.24. The van der Waals surface area contributed by atoms with E-state index in [9.17, 15) is 0 Å². The van der Waals surface area contributed by atoms with Crippen molar-refractivity contribution in [2.75, 3.05) is 6.61 Å². The van der Waals surface area contributed by atoms with Gasteiger partial charge < -0.3 is 4.65 Å². The first-order chi connectivity index (χ1) is 3.91. The monoisotopic (exact) mass is 115 g/mol. The molecule has 8 heavy (non-hydrogen) atoms. The van der Waals surface area contributed by atoms with E-state index in [4.69, 9.17) is 0 Å². The van der Waals surface area contributed by atoms with Crippen molar-refractivity contribution in [2.45, 2.75) is 6.92 Å². The highest BCUT2D eigenvalue weighted by atomic mass is 17.2. The van der Waals surface area contributed by atoms with Crippen molar-refractivity contribution < 1.29 is 14.3 Å². The molecule has 3 nitrogen and oxygen atoms in total. The molecule has 0 heterocycles. The summed E-state index contributed by atoms with van der Waals surface area (Å²) >= 11 is 0. The van der Waals surface area contributed by atoms with Gasteiger partial charge >= 0.3 is 7.69 Å². The van der Waals surface area contributed by atoms with Crippen molar-refractivity contribution >= 4 is 7.69 Å². The van der Waals surface area contributed by atoms with Crippen LogP contribution in [0.15, 0.2) is 12.8 Å². The zero-order chi connectivity index (χ0) is 6.24. The lowest BCUT2D eigenvalue weighted by molar-refractivity contribution is -0.212. The molecule has 0 spiro atoms. The molecule has 0 saturated carbocycles. The molecule has 0 rings (SSSR count). The molecule has 0 N–H and O–H groups in total. The first-order valence-corrected chi connectivity index (χ1v) is 2.28. The second-order valence-corrected chi connectivity index (χ2v) is 0.902. The van der Waals surface area contributed by atoms with E-state index in [0.717, 1.165) is 7.69 Å². The lowest BCUT2D eigenvalue weighted by Gasteiger charge is -1.95. The minimum atomic E-state index is 0.497. The van der Waals surface area contributed by atoms with Gasteiger partial charge in [-0.25, -0.2) is 9.69 Å². The van der Waals surface area contributed by atoms with Crippen LogP contribution in [0.1, 0.15) is 6.92 Å². The van der Waals surface area contributed by atoms with E-state index in [1.807, 2.05) is 6.92 Å². The SMILES string of the molecule is C=CO[B]OOCC. The standard InChI is InChI=1S/C4H8BO3/c1-3-6-5-8-7-4-2/h3H,1,4H2,2H3. The van der Waals surface area contributed by atoms with E-state index in [-0.39, 0.29) is 0 Å². The Kier molecular flexibility index (Phi) is 6.14. The summed E-state index contributed by atoms with van der Waals surface area (Å²) in [5.74, 6) is 0. The van der Waals surface area contributed by atoms with Gasteiger partial charge in [-0.2, -0.15) is 0 Å². The van der Waals surface area contributed by atoms with Crippen LogP contribution in [0.5, 0.6) is 0 Å². The summed E-state index contributed by atoms with van der Waals surface area (Å²) in [5.41, 5.74) is 0. The first kappa shape index (κ1) is 7.52. The Morgan fingerprint density at radius 3 is 3.00 bits per heavy atom. The van der Waals surface area contributed by atoms with Gasteiger partial charge in [0, 0.05) is 0 Å². The van der Waals surface area contributed by atoms with Crippen molar-refractivity contribution in [1.29, 1.82) is 0 Å². The average Bonchev–Trinajstić information content (AvgIpc) is 1.81. The minimum Gasteiger partial charge on any atom is -0.542 e. The van der Waals surface area contributed by atoms with E-state index in [2.05, 4.69) is 20.9 Å². The molecule has 0 aliphatic rings. The lowest BCUT2D eigenvalue weighted by atomic mass is 10.4. The maximum atomic E-state index is 4.43. The Balaban J connectivity index is 2.62. The Bertz CT molecular complexity index is 57.2. The van der Waals surface area contributed by atoms with Gasteiger partial charge in [-0.1, -0.05) is 6.58 Å². The summed E-state index contributed by atoms with van der Waals surface area (Å²) in [5, 5.41) is 0. The Morgan fingerprint density at radius 2 is 2.50 bits per heavy atom. The topological polar surface area (TPSA) is 27.7 Å². The maximum Gasteiger partial charge on any atom is 0.602 e. The highest BCUT2D eigenvalue weighted by molar-refractivity contribution is 6.17. The van der Waals surface area contributed by atoms with Crippen LogP contribution in [0.25, 0.3) is 0 Å². The Morgan fingerprint density at radius 1 is 1.75 bits per heavy atom. The van der Waals surface area contributed by atoms with Gasteiger partial charge in [0.05, 0.1) is 12.9 Å². The third-order valence-corrected chi connectivity index (χ3v) is 0.377. The van der Waals surface area contributed by atoms with Crippen LogP contribution in [0.4, 0.5) is 0 Å².